The monoisotopic (exact) mass is 332 g/mol. The van der Waals surface area contributed by atoms with Gasteiger partial charge >= 0.3 is 5.97 Å². The lowest BCUT2D eigenvalue weighted by Crippen LogP contribution is -2.43. The van der Waals surface area contributed by atoms with Gasteiger partial charge in [0.25, 0.3) is 11.8 Å². The molecule has 0 spiro atoms. The van der Waals surface area contributed by atoms with Crippen molar-refractivity contribution in [2.45, 2.75) is 12.8 Å². The van der Waals surface area contributed by atoms with Crippen LogP contribution in [-0.2, 0) is 20.7 Å². The van der Waals surface area contributed by atoms with E-state index in [4.69, 9.17) is 4.74 Å². The zero-order chi connectivity index (χ0) is 16.5. The molecule has 6 nitrogen and oxygen atoms in total. The Bertz CT molecular complexity index is 656. The predicted molar refractivity (Wildman–Crippen MR) is 85.6 cm³/mol. The molecule has 1 heterocycles. The Balaban J connectivity index is 1.63. The molecule has 1 aromatic carbocycles. The number of hydrogen-bond acceptors (Lipinski definition) is 5. The molecule has 0 unspecified atom stereocenters. The smallest absolute Gasteiger partial charge is 0.306 e. The molecule has 2 amide bonds. The summed E-state index contributed by atoms with van der Waals surface area (Å²) >= 11 is 1.56. The number of hydrazine groups is 1. The molecule has 0 aliphatic carbocycles. The summed E-state index contributed by atoms with van der Waals surface area (Å²) in [5.41, 5.74) is 4.86. The van der Waals surface area contributed by atoms with Crippen molar-refractivity contribution in [1.29, 1.82) is 0 Å². The van der Waals surface area contributed by atoms with Crippen molar-refractivity contribution >= 4 is 29.1 Å². The first kappa shape index (κ1) is 16.7. The highest BCUT2D eigenvalue weighted by Gasteiger charge is 2.10. The van der Waals surface area contributed by atoms with Crippen LogP contribution in [0, 0.1) is 0 Å². The molecule has 2 aromatic rings. The minimum atomic E-state index is -0.598. The summed E-state index contributed by atoms with van der Waals surface area (Å²) in [5, 5.41) is 1.93. The van der Waals surface area contributed by atoms with Gasteiger partial charge in [0.1, 0.15) is 0 Å². The number of nitrogens with one attached hydrogen (secondary N) is 2. The highest BCUT2D eigenvalue weighted by Crippen LogP contribution is 2.11. The van der Waals surface area contributed by atoms with Gasteiger partial charge in [-0.25, -0.2) is 0 Å². The molecule has 0 saturated heterocycles. The van der Waals surface area contributed by atoms with E-state index in [1.165, 1.54) is 0 Å². The van der Waals surface area contributed by atoms with Gasteiger partial charge in [-0.05, 0) is 30.0 Å². The molecule has 2 N–H and O–H groups in total. The molecule has 0 fully saturated rings. The molecule has 1 aromatic heterocycles. The van der Waals surface area contributed by atoms with Crippen LogP contribution >= 0.6 is 11.3 Å². The van der Waals surface area contributed by atoms with Gasteiger partial charge in [0.2, 0.25) is 0 Å². The fourth-order valence-electron chi connectivity index (χ4n) is 1.72. The number of hydrogen-bond donors (Lipinski definition) is 2. The quantitative estimate of drug-likeness (QED) is 0.623. The molecule has 23 heavy (non-hydrogen) atoms. The Hall–Kier alpha value is -2.67. The lowest BCUT2D eigenvalue weighted by atomic mass is 10.2. The van der Waals surface area contributed by atoms with Crippen LogP contribution in [0.2, 0.25) is 0 Å². The molecule has 0 aliphatic heterocycles. The number of ether oxygens (including phenoxy) is 1. The third-order valence-corrected chi connectivity index (χ3v) is 3.81. The van der Waals surface area contributed by atoms with Gasteiger partial charge in [-0.15, -0.1) is 11.3 Å². The van der Waals surface area contributed by atoms with E-state index in [-0.39, 0.29) is 6.42 Å². The molecule has 0 bridgehead atoms. The fraction of sp³-hybridized carbons (Fsp3) is 0.188. The number of thiophene rings is 1. The van der Waals surface area contributed by atoms with E-state index in [9.17, 15) is 14.4 Å². The highest BCUT2D eigenvalue weighted by molar-refractivity contribution is 7.09. The van der Waals surface area contributed by atoms with E-state index in [1.54, 1.807) is 41.7 Å². The normalized spacial score (nSPS) is 9.91. The average Bonchev–Trinajstić information content (AvgIpc) is 3.10. The summed E-state index contributed by atoms with van der Waals surface area (Å²) in [6.45, 7) is -0.432. The maximum atomic E-state index is 11.7. The average molecular weight is 332 g/mol. The van der Waals surface area contributed by atoms with Crippen molar-refractivity contribution in [2.24, 2.45) is 0 Å². The van der Waals surface area contributed by atoms with Gasteiger partial charge in [-0.3, -0.25) is 25.2 Å². The number of carbonyl (C=O) groups excluding carboxylic acids is 3. The number of carbonyl (C=O) groups is 3. The summed E-state index contributed by atoms with van der Waals surface area (Å²) in [6, 6.07) is 12.3. The van der Waals surface area contributed by atoms with Crippen molar-refractivity contribution in [3.05, 3.63) is 58.3 Å². The van der Waals surface area contributed by atoms with Crippen molar-refractivity contribution in [3.8, 4) is 0 Å². The SMILES string of the molecule is O=C(COC(=O)CCc1cccs1)NNC(=O)c1ccccc1. The Kier molecular flexibility index (Phi) is 6.31. The first-order chi connectivity index (χ1) is 11.1. The van der Waals surface area contributed by atoms with Crippen LogP contribution in [0.5, 0.6) is 0 Å². The summed E-state index contributed by atoms with van der Waals surface area (Å²) in [7, 11) is 0. The summed E-state index contributed by atoms with van der Waals surface area (Å²) in [5.74, 6) is -1.50. The van der Waals surface area contributed by atoms with Gasteiger partial charge in [0.05, 0.1) is 6.42 Å². The summed E-state index contributed by atoms with van der Waals surface area (Å²) in [4.78, 5) is 35.8. The van der Waals surface area contributed by atoms with E-state index in [2.05, 4.69) is 10.9 Å². The highest BCUT2D eigenvalue weighted by atomic mass is 32.1. The molecular formula is C16H16N2O4S. The first-order valence-corrected chi connectivity index (χ1v) is 7.85. The molecular weight excluding hydrogens is 316 g/mol. The van der Waals surface area contributed by atoms with Crippen molar-refractivity contribution < 1.29 is 19.1 Å². The van der Waals surface area contributed by atoms with Gasteiger partial charge in [0, 0.05) is 10.4 Å². The van der Waals surface area contributed by atoms with Crippen LogP contribution in [0.25, 0.3) is 0 Å². The Morgan fingerprint density at radius 1 is 1.00 bits per heavy atom. The van der Waals surface area contributed by atoms with Crippen LogP contribution in [-0.4, -0.2) is 24.4 Å². The maximum Gasteiger partial charge on any atom is 0.306 e. The van der Waals surface area contributed by atoms with Crippen molar-refractivity contribution in [2.75, 3.05) is 6.61 Å². The number of aryl methyl sites for hydroxylation is 1. The summed E-state index contributed by atoms with van der Waals surface area (Å²) in [6.07, 6.45) is 0.799. The Labute approximate surface area is 137 Å². The zero-order valence-corrected chi connectivity index (χ0v) is 13.1. The van der Waals surface area contributed by atoms with Crippen LogP contribution in [0.3, 0.4) is 0 Å². The third kappa shape index (κ3) is 5.91. The van der Waals surface area contributed by atoms with Crippen LogP contribution in [0.1, 0.15) is 21.7 Å². The zero-order valence-electron chi connectivity index (χ0n) is 12.3. The van der Waals surface area contributed by atoms with Crippen LogP contribution < -0.4 is 10.9 Å². The molecule has 120 valence electrons. The van der Waals surface area contributed by atoms with Crippen molar-refractivity contribution in [1.82, 2.24) is 10.9 Å². The molecule has 0 atom stereocenters. The Morgan fingerprint density at radius 3 is 2.48 bits per heavy atom. The van der Waals surface area contributed by atoms with E-state index < -0.39 is 24.4 Å². The topological polar surface area (TPSA) is 84.5 Å². The molecule has 2 rings (SSSR count). The van der Waals surface area contributed by atoms with Crippen molar-refractivity contribution in [3.63, 3.8) is 0 Å². The molecule has 7 heteroatoms. The minimum Gasteiger partial charge on any atom is -0.455 e. The van der Waals surface area contributed by atoms with Crippen LogP contribution in [0.15, 0.2) is 47.8 Å². The number of amides is 2. The standard InChI is InChI=1S/C16H16N2O4S/c19-14(17-18-16(21)12-5-2-1-3-6-12)11-22-15(20)9-8-13-7-4-10-23-13/h1-7,10H,8-9,11H2,(H,17,19)(H,18,21). The second kappa shape index (κ2) is 8.70. The first-order valence-electron chi connectivity index (χ1n) is 6.97. The summed E-state index contributed by atoms with van der Waals surface area (Å²) < 4.78 is 4.84. The molecule has 0 radical (unpaired) electrons. The third-order valence-electron chi connectivity index (χ3n) is 2.87. The van der Waals surface area contributed by atoms with Gasteiger partial charge < -0.3 is 4.74 Å². The number of esters is 1. The minimum absolute atomic E-state index is 0.212. The second-order valence-electron chi connectivity index (χ2n) is 4.61. The van der Waals surface area contributed by atoms with E-state index in [1.807, 2.05) is 17.5 Å². The van der Waals surface area contributed by atoms with Gasteiger partial charge in [-0.1, -0.05) is 24.3 Å². The van der Waals surface area contributed by atoms with Gasteiger partial charge in [0.15, 0.2) is 6.61 Å². The number of rotatable bonds is 6. The van der Waals surface area contributed by atoms with E-state index in [0.29, 0.717) is 12.0 Å². The molecule has 0 aliphatic rings. The lowest BCUT2D eigenvalue weighted by Gasteiger charge is -2.08. The number of benzene rings is 1. The molecule has 0 saturated carbocycles. The second-order valence-corrected chi connectivity index (χ2v) is 5.64. The maximum absolute atomic E-state index is 11.7. The fourth-order valence-corrected chi connectivity index (χ4v) is 2.43. The Morgan fingerprint density at radius 2 is 1.78 bits per heavy atom. The lowest BCUT2D eigenvalue weighted by molar-refractivity contribution is -0.148. The van der Waals surface area contributed by atoms with Crippen LogP contribution in [0.4, 0.5) is 0 Å². The van der Waals surface area contributed by atoms with E-state index >= 15 is 0 Å². The predicted octanol–water partition coefficient (Wildman–Crippen LogP) is 1.69. The van der Waals surface area contributed by atoms with E-state index in [0.717, 1.165) is 4.88 Å². The largest absolute Gasteiger partial charge is 0.455 e. The van der Waals surface area contributed by atoms with Gasteiger partial charge in [-0.2, -0.15) is 0 Å².